The third kappa shape index (κ3) is 5.87. The Hall–Kier alpha value is -3.74. The average Bonchev–Trinajstić information content (AvgIpc) is 3.13. The Balaban J connectivity index is 1.62. The molecule has 1 atom stereocenters. The van der Waals surface area contributed by atoms with E-state index in [0.29, 0.717) is 6.42 Å². The molecular weight excluding hydrogens is 525 g/mol. The summed E-state index contributed by atoms with van der Waals surface area (Å²) in [5, 5.41) is 5.09. The van der Waals surface area contributed by atoms with Crippen molar-refractivity contribution in [2.24, 2.45) is 0 Å². The molecule has 0 spiro atoms. The second-order valence-corrected chi connectivity index (χ2v) is 9.43. The van der Waals surface area contributed by atoms with Crippen molar-refractivity contribution in [3.05, 3.63) is 111 Å². The molecule has 0 fully saturated rings. The van der Waals surface area contributed by atoms with Crippen LogP contribution in [0.4, 0.5) is 0 Å². The number of rotatable bonds is 8. The monoisotopic (exact) mass is 551 g/mol. The molecule has 0 saturated carbocycles. The first-order chi connectivity index (χ1) is 18.4. The molecule has 1 aliphatic rings. The molecule has 0 heterocycles. The summed E-state index contributed by atoms with van der Waals surface area (Å²) in [4.78, 5) is 25.5. The smallest absolute Gasteiger partial charge is 0.328 e. The minimum absolute atomic E-state index is 0.110. The Labute approximate surface area is 231 Å². The summed E-state index contributed by atoms with van der Waals surface area (Å²) in [5.74, 6) is 0.417. The van der Waals surface area contributed by atoms with Crippen molar-refractivity contribution in [2.45, 2.75) is 18.9 Å². The fraction of sp³-hybridized carbons (Fsp3) is 0.200. The average molecular weight is 552 g/mol. The van der Waals surface area contributed by atoms with E-state index < -0.39 is 17.9 Å². The molecule has 1 amide bonds. The summed E-state index contributed by atoms with van der Waals surface area (Å²) in [6.07, 6.45) is 6.78. The second-order valence-electron chi connectivity index (χ2n) is 8.62. The molecule has 1 aliphatic carbocycles. The zero-order valence-corrected chi connectivity index (χ0v) is 22.7. The van der Waals surface area contributed by atoms with Crippen LogP contribution >= 0.6 is 23.2 Å². The largest absolute Gasteiger partial charge is 0.500 e. The van der Waals surface area contributed by atoms with Crippen LogP contribution in [0.3, 0.4) is 0 Å². The van der Waals surface area contributed by atoms with Gasteiger partial charge >= 0.3 is 5.97 Å². The maximum Gasteiger partial charge on any atom is 0.328 e. The van der Waals surface area contributed by atoms with Crippen molar-refractivity contribution in [1.29, 1.82) is 0 Å². The summed E-state index contributed by atoms with van der Waals surface area (Å²) in [5.41, 5.74) is 2.82. The maximum absolute atomic E-state index is 12.9. The molecule has 0 aromatic heterocycles. The standard InChI is InChI=1S/C30H27Cl2NO5/c1-36-25-9-4-5-10-26(37-2)27(25)21-14-13-19-15-18(11-12-20(19)17-21)16-24(30(35)38-3)33-29(34)28-22(31)7-6-8-23(28)32/h4-9,11-15,17,24H,10,16H2,1-3H3,(H,33,34). The van der Waals surface area contributed by atoms with E-state index in [1.165, 1.54) is 7.11 Å². The van der Waals surface area contributed by atoms with Crippen LogP contribution in [-0.4, -0.2) is 39.2 Å². The normalized spacial score (nSPS) is 14.0. The van der Waals surface area contributed by atoms with Crippen molar-refractivity contribution in [1.82, 2.24) is 5.32 Å². The van der Waals surface area contributed by atoms with Gasteiger partial charge in [-0.1, -0.05) is 71.8 Å². The van der Waals surface area contributed by atoms with Crippen LogP contribution in [0.15, 0.2) is 84.3 Å². The quantitative estimate of drug-likeness (QED) is 0.323. The number of methoxy groups -OCH3 is 3. The molecule has 196 valence electrons. The van der Waals surface area contributed by atoms with Gasteiger partial charge in [-0.05, 0) is 46.2 Å². The third-order valence-electron chi connectivity index (χ3n) is 6.29. The highest BCUT2D eigenvalue weighted by Crippen LogP contribution is 2.33. The van der Waals surface area contributed by atoms with Gasteiger partial charge in [0.2, 0.25) is 0 Å². The molecule has 6 nitrogen and oxygen atoms in total. The van der Waals surface area contributed by atoms with Gasteiger partial charge in [0.05, 0.1) is 42.5 Å². The molecule has 0 bridgehead atoms. The lowest BCUT2D eigenvalue weighted by atomic mass is 9.96. The zero-order valence-electron chi connectivity index (χ0n) is 21.2. The highest BCUT2D eigenvalue weighted by Gasteiger charge is 2.25. The van der Waals surface area contributed by atoms with Crippen molar-refractivity contribution >= 4 is 51.4 Å². The van der Waals surface area contributed by atoms with E-state index in [-0.39, 0.29) is 22.0 Å². The maximum atomic E-state index is 12.9. The van der Waals surface area contributed by atoms with Crippen LogP contribution in [0.5, 0.6) is 0 Å². The summed E-state index contributed by atoms with van der Waals surface area (Å²) in [7, 11) is 4.58. The molecule has 1 N–H and O–H groups in total. The number of hydrogen-bond acceptors (Lipinski definition) is 5. The minimum atomic E-state index is -0.932. The van der Waals surface area contributed by atoms with Crippen molar-refractivity contribution < 1.29 is 23.8 Å². The highest BCUT2D eigenvalue weighted by molar-refractivity contribution is 6.39. The summed E-state index contributed by atoms with van der Waals surface area (Å²) >= 11 is 12.3. The van der Waals surface area contributed by atoms with E-state index in [2.05, 4.69) is 11.4 Å². The summed E-state index contributed by atoms with van der Waals surface area (Å²) < 4.78 is 16.2. The van der Waals surface area contributed by atoms with E-state index >= 15 is 0 Å². The van der Waals surface area contributed by atoms with E-state index in [4.69, 9.17) is 37.4 Å². The Morgan fingerprint density at radius 3 is 2.34 bits per heavy atom. The van der Waals surface area contributed by atoms with E-state index in [0.717, 1.165) is 39.0 Å². The topological polar surface area (TPSA) is 73.9 Å². The van der Waals surface area contributed by atoms with Crippen LogP contribution in [0.25, 0.3) is 16.3 Å². The van der Waals surface area contributed by atoms with E-state index in [1.807, 2.05) is 48.6 Å². The molecule has 3 aromatic rings. The first-order valence-corrected chi connectivity index (χ1v) is 12.7. The van der Waals surface area contributed by atoms with Gasteiger partial charge in [0, 0.05) is 12.8 Å². The number of carbonyl (C=O) groups is 2. The number of esters is 1. The lowest BCUT2D eigenvalue weighted by molar-refractivity contribution is -0.142. The van der Waals surface area contributed by atoms with Crippen LogP contribution < -0.4 is 5.32 Å². The highest BCUT2D eigenvalue weighted by atomic mass is 35.5. The fourth-order valence-corrected chi connectivity index (χ4v) is 4.98. The van der Waals surface area contributed by atoms with Crippen LogP contribution in [0, 0.1) is 0 Å². The predicted octanol–water partition coefficient (Wildman–Crippen LogP) is 6.51. The SMILES string of the molecule is COC(=O)C(Cc1ccc2cc(C3=C(OC)CC=CC=C3OC)ccc2c1)NC(=O)c1c(Cl)cccc1Cl. The van der Waals surface area contributed by atoms with Crippen molar-refractivity contribution in [3.63, 3.8) is 0 Å². The minimum Gasteiger partial charge on any atom is -0.500 e. The number of carbonyl (C=O) groups excluding carboxylic acids is 2. The fourth-order valence-electron chi connectivity index (χ4n) is 4.41. The number of allylic oxidation sites excluding steroid dienone is 4. The Morgan fingerprint density at radius 2 is 1.66 bits per heavy atom. The Kier molecular flexibility index (Phi) is 8.77. The lowest BCUT2D eigenvalue weighted by Crippen LogP contribution is -2.43. The summed E-state index contributed by atoms with van der Waals surface area (Å²) in [6.45, 7) is 0. The molecule has 4 rings (SSSR count). The zero-order chi connectivity index (χ0) is 27.2. The number of hydrogen-bond donors (Lipinski definition) is 1. The number of fused-ring (bicyclic) bond motifs is 1. The first-order valence-electron chi connectivity index (χ1n) is 11.9. The molecule has 8 heteroatoms. The molecule has 0 saturated heterocycles. The van der Waals surface area contributed by atoms with Crippen LogP contribution in [0.1, 0.15) is 27.9 Å². The van der Waals surface area contributed by atoms with Crippen molar-refractivity contribution in [2.75, 3.05) is 21.3 Å². The van der Waals surface area contributed by atoms with Gasteiger partial charge < -0.3 is 19.5 Å². The number of nitrogens with one attached hydrogen (secondary N) is 1. The number of ether oxygens (including phenoxy) is 3. The van der Waals surface area contributed by atoms with Gasteiger partial charge in [0.25, 0.3) is 5.91 Å². The van der Waals surface area contributed by atoms with Gasteiger partial charge in [-0.15, -0.1) is 0 Å². The van der Waals surface area contributed by atoms with Gasteiger partial charge in [0.1, 0.15) is 17.6 Å². The molecule has 3 aromatic carbocycles. The summed E-state index contributed by atoms with van der Waals surface area (Å²) in [6, 6.07) is 15.8. The van der Waals surface area contributed by atoms with Gasteiger partial charge in [0.15, 0.2) is 0 Å². The van der Waals surface area contributed by atoms with Crippen LogP contribution in [-0.2, 0) is 25.4 Å². The number of halogens is 2. The number of benzene rings is 3. The Morgan fingerprint density at radius 1 is 0.947 bits per heavy atom. The Bertz CT molecular complexity index is 1450. The predicted molar refractivity (Wildman–Crippen MR) is 150 cm³/mol. The van der Waals surface area contributed by atoms with Crippen LogP contribution in [0.2, 0.25) is 10.0 Å². The molecule has 0 radical (unpaired) electrons. The van der Waals surface area contributed by atoms with Crippen molar-refractivity contribution in [3.8, 4) is 0 Å². The van der Waals surface area contributed by atoms with Gasteiger partial charge in [-0.2, -0.15) is 0 Å². The number of amides is 1. The second kappa shape index (κ2) is 12.2. The molecule has 38 heavy (non-hydrogen) atoms. The lowest BCUT2D eigenvalue weighted by Gasteiger charge is -2.18. The first kappa shape index (κ1) is 27.3. The third-order valence-corrected chi connectivity index (χ3v) is 6.92. The molecular formula is C30H27Cl2NO5. The molecule has 1 unspecified atom stereocenters. The van der Waals surface area contributed by atoms with Gasteiger partial charge in [-0.3, -0.25) is 4.79 Å². The molecule has 0 aliphatic heterocycles. The van der Waals surface area contributed by atoms with E-state index in [1.54, 1.807) is 32.4 Å². The van der Waals surface area contributed by atoms with Gasteiger partial charge in [-0.25, -0.2) is 4.79 Å². The van der Waals surface area contributed by atoms with E-state index in [9.17, 15) is 9.59 Å².